The van der Waals surface area contributed by atoms with Crippen LogP contribution in [0.5, 0.6) is 5.75 Å². The van der Waals surface area contributed by atoms with Crippen LogP contribution in [-0.4, -0.2) is 26.4 Å². The van der Waals surface area contributed by atoms with E-state index in [1.165, 1.54) is 5.56 Å². The van der Waals surface area contributed by atoms with Crippen LogP contribution in [0.25, 0.3) is 0 Å². The number of hydrogen-bond acceptors (Lipinski definition) is 3. The summed E-state index contributed by atoms with van der Waals surface area (Å²) in [5, 5.41) is 3.55. The molecule has 0 saturated heterocycles. The van der Waals surface area contributed by atoms with Crippen LogP contribution in [0, 0.1) is 5.92 Å². The molecule has 0 aliphatic carbocycles. The lowest BCUT2D eigenvalue weighted by atomic mass is 10.0. The number of para-hydroxylation sites is 1. The van der Waals surface area contributed by atoms with Gasteiger partial charge in [-0.25, -0.2) is 0 Å². The smallest absolute Gasteiger partial charge is 0.124 e. The van der Waals surface area contributed by atoms with Gasteiger partial charge in [0.2, 0.25) is 0 Å². The van der Waals surface area contributed by atoms with Crippen molar-refractivity contribution in [3.05, 3.63) is 29.8 Å². The van der Waals surface area contributed by atoms with Crippen molar-refractivity contribution in [3.8, 4) is 5.75 Å². The molecular weight excluding hydrogens is 226 g/mol. The lowest BCUT2D eigenvalue weighted by Crippen LogP contribution is -2.29. The Balaban J connectivity index is 1.77. The molecular formula is C15H23NO2. The molecule has 1 aromatic rings. The molecule has 0 fully saturated rings. The zero-order valence-corrected chi connectivity index (χ0v) is 11.3. The lowest BCUT2D eigenvalue weighted by Gasteiger charge is -2.26. The quantitative estimate of drug-likeness (QED) is 0.786. The molecule has 2 rings (SSSR count). The number of fused-ring (bicyclic) bond motifs is 1. The van der Waals surface area contributed by atoms with Gasteiger partial charge in [0, 0.05) is 31.2 Å². The SMILES string of the molecule is CC(C)COCCNC1CCOc2ccccc21. The van der Waals surface area contributed by atoms with Crippen LogP contribution >= 0.6 is 0 Å². The minimum atomic E-state index is 0.401. The van der Waals surface area contributed by atoms with E-state index in [1.807, 2.05) is 12.1 Å². The normalized spacial score (nSPS) is 18.5. The van der Waals surface area contributed by atoms with E-state index in [9.17, 15) is 0 Å². The Morgan fingerprint density at radius 3 is 3.06 bits per heavy atom. The van der Waals surface area contributed by atoms with Gasteiger partial charge in [-0.1, -0.05) is 32.0 Å². The Labute approximate surface area is 109 Å². The molecule has 1 N–H and O–H groups in total. The van der Waals surface area contributed by atoms with Crippen molar-refractivity contribution >= 4 is 0 Å². The van der Waals surface area contributed by atoms with E-state index >= 15 is 0 Å². The maximum atomic E-state index is 5.64. The van der Waals surface area contributed by atoms with Gasteiger partial charge in [0.15, 0.2) is 0 Å². The van der Waals surface area contributed by atoms with Crippen molar-refractivity contribution < 1.29 is 9.47 Å². The third-order valence-electron chi connectivity index (χ3n) is 3.05. The average molecular weight is 249 g/mol. The maximum Gasteiger partial charge on any atom is 0.124 e. The monoisotopic (exact) mass is 249 g/mol. The van der Waals surface area contributed by atoms with Gasteiger partial charge >= 0.3 is 0 Å². The second kappa shape index (κ2) is 6.76. The molecule has 0 amide bonds. The van der Waals surface area contributed by atoms with E-state index in [1.54, 1.807) is 0 Å². The van der Waals surface area contributed by atoms with E-state index in [0.717, 1.165) is 38.5 Å². The van der Waals surface area contributed by atoms with Gasteiger partial charge in [-0.3, -0.25) is 0 Å². The lowest BCUT2D eigenvalue weighted by molar-refractivity contribution is 0.108. The molecule has 1 unspecified atom stereocenters. The van der Waals surface area contributed by atoms with E-state index in [2.05, 4.69) is 31.3 Å². The second-order valence-corrected chi connectivity index (χ2v) is 5.15. The number of benzene rings is 1. The molecule has 1 aliphatic rings. The molecule has 0 saturated carbocycles. The standard InChI is InChI=1S/C15H23NO2/c1-12(2)11-17-10-8-16-14-7-9-18-15-6-4-3-5-13(14)15/h3-6,12,14,16H,7-11H2,1-2H3. The summed E-state index contributed by atoms with van der Waals surface area (Å²) in [5.74, 6) is 1.62. The Kier molecular flexibility index (Phi) is 5.02. The molecule has 3 heteroatoms. The molecule has 0 aromatic heterocycles. The number of rotatable bonds is 6. The zero-order valence-electron chi connectivity index (χ0n) is 11.3. The topological polar surface area (TPSA) is 30.5 Å². The number of hydrogen-bond donors (Lipinski definition) is 1. The molecule has 1 heterocycles. The number of nitrogens with one attached hydrogen (secondary N) is 1. The van der Waals surface area contributed by atoms with Crippen LogP contribution in [0.2, 0.25) is 0 Å². The first-order valence-corrected chi connectivity index (χ1v) is 6.80. The van der Waals surface area contributed by atoms with Crippen molar-refractivity contribution in [2.45, 2.75) is 26.3 Å². The first-order valence-electron chi connectivity index (χ1n) is 6.80. The minimum absolute atomic E-state index is 0.401. The van der Waals surface area contributed by atoms with Crippen LogP contribution in [0.1, 0.15) is 31.9 Å². The second-order valence-electron chi connectivity index (χ2n) is 5.15. The summed E-state index contributed by atoms with van der Waals surface area (Å²) < 4.78 is 11.2. The van der Waals surface area contributed by atoms with Gasteiger partial charge < -0.3 is 14.8 Å². The van der Waals surface area contributed by atoms with Gasteiger partial charge in [-0.15, -0.1) is 0 Å². The van der Waals surface area contributed by atoms with Gasteiger partial charge in [-0.05, 0) is 12.0 Å². The van der Waals surface area contributed by atoms with Crippen molar-refractivity contribution in [2.75, 3.05) is 26.4 Å². The van der Waals surface area contributed by atoms with E-state index in [-0.39, 0.29) is 0 Å². The van der Waals surface area contributed by atoms with Gasteiger partial charge in [0.25, 0.3) is 0 Å². The Morgan fingerprint density at radius 1 is 1.39 bits per heavy atom. The molecule has 100 valence electrons. The first kappa shape index (κ1) is 13.4. The minimum Gasteiger partial charge on any atom is -0.493 e. The van der Waals surface area contributed by atoms with Crippen LogP contribution in [0.4, 0.5) is 0 Å². The third kappa shape index (κ3) is 3.72. The van der Waals surface area contributed by atoms with Crippen LogP contribution in [-0.2, 0) is 4.74 Å². The molecule has 1 atom stereocenters. The first-order chi connectivity index (χ1) is 8.77. The summed E-state index contributed by atoms with van der Waals surface area (Å²) in [6.45, 7) is 7.64. The van der Waals surface area contributed by atoms with Gasteiger partial charge in [0.1, 0.15) is 5.75 Å². The van der Waals surface area contributed by atoms with Crippen molar-refractivity contribution in [1.82, 2.24) is 5.32 Å². The maximum absolute atomic E-state index is 5.64. The predicted octanol–water partition coefficient (Wildman–Crippen LogP) is 2.77. The van der Waals surface area contributed by atoms with E-state index < -0.39 is 0 Å². The highest BCUT2D eigenvalue weighted by Crippen LogP contribution is 2.31. The third-order valence-corrected chi connectivity index (χ3v) is 3.05. The Hall–Kier alpha value is -1.06. The molecule has 0 bridgehead atoms. The van der Waals surface area contributed by atoms with Crippen LogP contribution in [0.3, 0.4) is 0 Å². The summed E-state index contributed by atoms with van der Waals surface area (Å²) in [4.78, 5) is 0. The fourth-order valence-electron chi connectivity index (χ4n) is 2.18. The summed E-state index contributed by atoms with van der Waals surface area (Å²) >= 11 is 0. The van der Waals surface area contributed by atoms with Crippen molar-refractivity contribution in [2.24, 2.45) is 5.92 Å². The summed E-state index contributed by atoms with van der Waals surface area (Å²) in [6.07, 6.45) is 1.03. The van der Waals surface area contributed by atoms with Gasteiger partial charge in [-0.2, -0.15) is 0 Å². The van der Waals surface area contributed by atoms with Gasteiger partial charge in [0.05, 0.1) is 13.2 Å². The molecule has 18 heavy (non-hydrogen) atoms. The van der Waals surface area contributed by atoms with E-state index in [0.29, 0.717) is 12.0 Å². The van der Waals surface area contributed by atoms with Crippen LogP contribution < -0.4 is 10.1 Å². The van der Waals surface area contributed by atoms with Crippen molar-refractivity contribution in [3.63, 3.8) is 0 Å². The average Bonchev–Trinajstić information content (AvgIpc) is 2.38. The molecule has 0 radical (unpaired) electrons. The highest BCUT2D eigenvalue weighted by atomic mass is 16.5. The highest BCUT2D eigenvalue weighted by Gasteiger charge is 2.19. The summed E-state index contributed by atoms with van der Waals surface area (Å²) in [6, 6.07) is 8.67. The summed E-state index contributed by atoms with van der Waals surface area (Å²) in [5.41, 5.74) is 1.27. The fraction of sp³-hybridized carbons (Fsp3) is 0.600. The Morgan fingerprint density at radius 2 is 2.22 bits per heavy atom. The van der Waals surface area contributed by atoms with E-state index in [4.69, 9.17) is 9.47 Å². The van der Waals surface area contributed by atoms with Crippen LogP contribution in [0.15, 0.2) is 24.3 Å². The Bertz CT molecular complexity index is 365. The number of ether oxygens (including phenoxy) is 2. The molecule has 0 spiro atoms. The van der Waals surface area contributed by atoms with Crippen molar-refractivity contribution in [1.29, 1.82) is 0 Å². The highest BCUT2D eigenvalue weighted by molar-refractivity contribution is 5.37. The summed E-state index contributed by atoms with van der Waals surface area (Å²) in [7, 11) is 0. The fourth-order valence-corrected chi connectivity index (χ4v) is 2.18. The molecule has 3 nitrogen and oxygen atoms in total. The predicted molar refractivity (Wildman–Crippen MR) is 73.0 cm³/mol. The molecule has 1 aromatic carbocycles. The molecule has 1 aliphatic heterocycles. The largest absolute Gasteiger partial charge is 0.493 e. The zero-order chi connectivity index (χ0) is 12.8.